The summed E-state index contributed by atoms with van der Waals surface area (Å²) in [5, 5.41) is 0. The van der Waals surface area contributed by atoms with Crippen molar-refractivity contribution >= 4 is 0 Å². The third-order valence-corrected chi connectivity index (χ3v) is 6.38. The lowest BCUT2D eigenvalue weighted by Crippen LogP contribution is -2.25. The number of nitrogens with zero attached hydrogens (tertiary/aromatic N) is 1. The van der Waals surface area contributed by atoms with Crippen LogP contribution in [0.3, 0.4) is 0 Å². The minimum absolute atomic E-state index is 0.0136. The second-order valence-corrected chi connectivity index (χ2v) is 7.82. The van der Waals surface area contributed by atoms with Crippen molar-refractivity contribution in [1.29, 1.82) is 0 Å². The van der Waals surface area contributed by atoms with Gasteiger partial charge in [0.1, 0.15) is 0 Å². The number of hydrogen-bond donors (Lipinski definition) is 0. The minimum Gasteiger partial charge on any atom is -0.202 e. The molecule has 0 spiro atoms. The fraction of sp³-hybridized carbons (Fsp3) is 0.750. The van der Waals surface area contributed by atoms with Crippen LogP contribution in [0.5, 0.6) is 0 Å². The van der Waals surface area contributed by atoms with Crippen LogP contribution in [-0.2, 0) is 0 Å². The van der Waals surface area contributed by atoms with Crippen LogP contribution in [0.25, 0.3) is 0 Å². The van der Waals surface area contributed by atoms with Crippen LogP contribution in [0.1, 0.15) is 82.6 Å². The molecule has 0 bridgehead atoms. The van der Waals surface area contributed by atoms with Gasteiger partial charge in [-0.2, -0.15) is 13.8 Å². The number of aromatic nitrogens is 1. The lowest BCUT2D eigenvalue weighted by molar-refractivity contribution is 0.155. The third kappa shape index (κ3) is 3.94. The van der Waals surface area contributed by atoms with Gasteiger partial charge in [-0.3, -0.25) is 0 Å². The van der Waals surface area contributed by atoms with E-state index >= 15 is 0 Å². The molecule has 0 unspecified atom stereocenters. The van der Waals surface area contributed by atoms with E-state index in [2.05, 4.69) is 11.9 Å². The molecule has 1 aromatic rings. The SMILES string of the molecule is CCCC1CCC(C2CCC(c3cc(F)c(F)nc3F)CC2)CC1. The number of hydrogen-bond acceptors (Lipinski definition) is 1. The van der Waals surface area contributed by atoms with Gasteiger partial charge in [0.05, 0.1) is 0 Å². The van der Waals surface area contributed by atoms with Crippen molar-refractivity contribution in [2.75, 3.05) is 0 Å². The normalized spacial score (nSPS) is 31.2. The molecule has 1 aromatic heterocycles. The van der Waals surface area contributed by atoms with Gasteiger partial charge in [-0.05, 0) is 68.3 Å². The Hall–Kier alpha value is -1.06. The number of rotatable bonds is 4. The van der Waals surface area contributed by atoms with Gasteiger partial charge in [-0.15, -0.1) is 0 Å². The first-order valence-corrected chi connectivity index (χ1v) is 9.59. The Morgan fingerprint density at radius 2 is 1.46 bits per heavy atom. The Bertz CT molecular complexity index is 544. The molecule has 2 aliphatic carbocycles. The molecule has 2 saturated carbocycles. The van der Waals surface area contributed by atoms with E-state index in [1.165, 1.54) is 38.5 Å². The van der Waals surface area contributed by atoms with E-state index in [1.54, 1.807) is 0 Å². The maximum atomic E-state index is 13.9. The van der Waals surface area contributed by atoms with Crippen molar-refractivity contribution < 1.29 is 13.2 Å². The molecule has 1 nitrogen and oxygen atoms in total. The fourth-order valence-corrected chi connectivity index (χ4v) is 5.00. The van der Waals surface area contributed by atoms with Gasteiger partial charge < -0.3 is 0 Å². The maximum absolute atomic E-state index is 13.9. The predicted octanol–water partition coefficient (Wildman–Crippen LogP) is 6.38. The Labute approximate surface area is 143 Å². The maximum Gasteiger partial charge on any atom is 0.251 e. The summed E-state index contributed by atoms with van der Waals surface area (Å²) >= 11 is 0. The highest BCUT2D eigenvalue weighted by Crippen LogP contribution is 2.44. The first-order valence-electron chi connectivity index (χ1n) is 9.59. The fourth-order valence-electron chi connectivity index (χ4n) is 5.00. The summed E-state index contributed by atoms with van der Waals surface area (Å²) in [5.41, 5.74) is 0.263. The van der Waals surface area contributed by atoms with E-state index in [1.807, 2.05) is 0 Å². The molecule has 0 amide bonds. The molecular weight excluding hydrogens is 311 g/mol. The van der Waals surface area contributed by atoms with Crippen molar-refractivity contribution in [3.8, 4) is 0 Å². The molecule has 0 atom stereocenters. The zero-order chi connectivity index (χ0) is 17.1. The molecule has 4 heteroatoms. The largest absolute Gasteiger partial charge is 0.251 e. The molecule has 0 saturated heterocycles. The molecule has 3 rings (SSSR count). The van der Waals surface area contributed by atoms with Gasteiger partial charge in [0.2, 0.25) is 5.95 Å². The van der Waals surface area contributed by atoms with E-state index in [-0.39, 0.29) is 11.5 Å². The van der Waals surface area contributed by atoms with Gasteiger partial charge in [-0.25, -0.2) is 4.39 Å². The van der Waals surface area contributed by atoms with E-state index < -0.39 is 17.7 Å². The Kier molecular flexibility index (Phi) is 5.83. The topological polar surface area (TPSA) is 12.9 Å². The Balaban J connectivity index is 1.54. The van der Waals surface area contributed by atoms with E-state index in [0.717, 1.165) is 49.5 Å². The first-order chi connectivity index (χ1) is 11.6. The molecule has 2 fully saturated rings. The number of halogens is 3. The molecule has 0 radical (unpaired) electrons. The number of pyridine rings is 1. The summed E-state index contributed by atoms with van der Waals surface area (Å²) in [6.45, 7) is 2.26. The molecule has 2 aliphatic rings. The second kappa shape index (κ2) is 7.88. The van der Waals surface area contributed by atoms with Gasteiger partial charge in [0, 0.05) is 5.56 Å². The average molecular weight is 339 g/mol. The van der Waals surface area contributed by atoms with Crippen LogP contribution in [0.15, 0.2) is 6.07 Å². The van der Waals surface area contributed by atoms with Gasteiger partial charge >= 0.3 is 0 Å². The molecule has 0 aliphatic heterocycles. The standard InChI is InChI=1S/C20H28F3N/c1-2-3-13-4-6-14(7-5-13)15-8-10-16(11-9-15)17-12-18(21)20(23)24-19(17)22/h12-16H,2-11H2,1H3. The molecule has 0 N–H and O–H groups in total. The quantitative estimate of drug-likeness (QED) is 0.580. The monoisotopic (exact) mass is 339 g/mol. The van der Waals surface area contributed by atoms with Crippen molar-refractivity contribution in [3.05, 3.63) is 29.3 Å². The van der Waals surface area contributed by atoms with Gasteiger partial charge in [0.25, 0.3) is 5.95 Å². The third-order valence-electron chi connectivity index (χ3n) is 6.38. The highest BCUT2D eigenvalue weighted by molar-refractivity contribution is 5.19. The van der Waals surface area contributed by atoms with Crippen molar-refractivity contribution in [2.45, 2.75) is 77.0 Å². The second-order valence-electron chi connectivity index (χ2n) is 7.82. The van der Waals surface area contributed by atoms with Crippen LogP contribution in [0, 0.1) is 35.5 Å². The molecule has 24 heavy (non-hydrogen) atoms. The molecular formula is C20H28F3N. The minimum atomic E-state index is -1.34. The summed E-state index contributed by atoms with van der Waals surface area (Å²) in [4.78, 5) is 3.07. The molecule has 1 heterocycles. The highest BCUT2D eigenvalue weighted by Gasteiger charge is 2.32. The summed E-state index contributed by atoms with van der Waals surface area (Å²) in [6, 6.07) is 1.01. The lowest BCUT2D eigenvalue weighted by Gasteiger charge is -2.38. The summed E-state index contributed by atoms with van der Waals surface area (Å²) in [5.74, 6) is -0.767. The van der Waals surface area contributed by atoms with Crippen LogP contribution in [0.4, 0.5) is 13.2 Å². The Morgan fingerprint density at radius 1 is 0.875 bits per heavy atom. The van der Waals surface area contributed by atoms with Crippen molar-refractivity contribution in [3.63, 3.8) is 0 Å². The predicted molar refractivity (Wildman–Crippen MR) is 89.2 cm³/mol. The Morgan fingerprint density at radius 3 is 2.04 bits per heavy atom. The lowest BCUT2D eigenvalue weighted by atomic mass is 9.68. The van der Waals surface area contributed by atoms with Crippen LogP contribution < -0.4 is 0 Å². The average Bonchev–Trinajstić information content (AvgIpc) is 2.59. The zero-order valence-electron chi connectivity index (χ0n) is 14.5. The molecule has 0 aromatic carbocycles. The van der Waals surface area contributed by atoms with E-state index in [0.29, 0.717) is 0 Å². The van der Waals surface area contributed by atoms with Crippen molar-refractivity contribution in [2.24, 2.45) is 17.8 Å². The smallest absolute Gasteiger partial charge is 0.202 e. The van der Waals surface area contributed by atoms with E-state index in [9.17, 15) is 13.2 Å². The summed E-state index contributed by atoms with van der Waals surface area (Å²) < 4.78 is 40.2. The van der Waals surface area contributed by atoms with Gasteiger partial charge in [-0.1, -0.05) is 32.6 Å². The van der Waals surface area contributed by atoms with Gasteiger partial charge in [0.15, 0.2) is 5.82 Å². The summed E-state index contributed by atoms with van der Waals surface area (Å²) in [7, 11) is 0. The first kappa shape index (κ1) is 17.8. The van der Waals surface area contributed by atoms with Crippen LogP contribution in [0.2, 0.25) is 0 Å². The molecule has 134 valence electrons. The van der Waals surface area contributed by atoms with Crippen LogP contribution >= 0.6 is 0 Å². The highest BCUT2D eigenvalue weighted by atomic mass is 19.2. The summed E-state index contributed by atoms with van der Waals surface area (Å²) in [6.07, 6.45) is 11.9. The van der Waals surface area contributed by atoms with E-state index in [4.69, 9.17) is 0 Å². The zero-order valence-corrected chi connectivity index (χ0v) is 14.5. The van der Waals surface area contributed by atoms with Crippen LogP contribution in [-0.4, -0.2) is 4.98 Å². The van der Waals surface area contributed by atoms with Crippen molar-refractivity contribution in [1.82, 2.24) is 4.98 Å².